The maximum Gasteiger partial charge on any atom is 0.347 e. The summed E-state index contributed by atoms with van der Waals surface area (Å²) in [6.45, 7) is 2.32. The van der Waals surface area contributed by atoms with E-state index in [2.05, 4.69) is 25.0 Å². The predicted octanol–water partition coefficient (Wildman–Crippen LogP) is 5.10. The summed E-state index contributed by atoms with van der Waals surface area (Å²) < 4.78 is 53.5. The maximum atomic E-state index is 16.8. The van der Waals surface area contributed by atoms with Crippen LogP contribution in [0.5, 0.6) is 6.01 Å². The molecule has 3 fully saturated rings. The Bertz CT molecular complexity index is 2030. The van der Waals surface area contributed by atoms with Crippen LogP contribution in [0.1, 0.15) is 25.7 Å². The normalized spacial score (nSPS) is 21.7. The summed E-state index contributed by atoms with van der Waals surface area (Å²) in [5, 5.41) is 4.40. The van der Waals surface area contributed by atoms with Crippen LogP contribution in [0, 0.1) is 11.6 Å². The first-order valence-corrected chi connectivity index (χ1v) is 16.4. The molecule has 0 saturated carbocycles. The van der Waals surface area contributed by atoms with E-state index >= 15 is 4.39 Å². The van der Waals surface area contributed by atoms with Gasteiger partial charge in [0.05, 0.1) is 27.4 Å². The molecule has 2 aromatic carbocycles. The second-order valence-corrected chi connectivity index (χ2v) is 13.5. The number of amides is 1. The van der Waals surface area contributed by atoms with Gasteiger partial charge >= 0.3 is 12.0 Å². The Kier molecular flexibility index (Phi) is 7.33. The minimum atomic E-state index is -0.955. The Hall–Kier alpha value is -4.28. The van der Waals surface area contributed by atoms with Gasteiger partial charge in [-0.3, -0.25) is 4.90 Å². The molecule has 0 bridgehead atoms. The highest BCUT2D eigenvalue weighted by molar-refractivity contribution is 7.22. The van der Waals surface area contributed by atoms with Crippen molar-refractivity contribution in [1.29, 1.82) is 0 Å². The molecule has 5 aromatic rings. The van der Waals surface area contributed by atoms with E-state index in [-0.39, 0.29) is 62.3 Å². The molecule has 2 atom stereocenters. The van der Waals surface area contributed by atoms with Crippen LogP contribution in [-0.4, -0.2) is 96.7 Å². The Balaban J connectivity index is 1.24. The highest BCUT2D eigenvalue weighted by Crippen LogP contribution is 2.44. The third-order valence-corrected chi connectivity index (χ3v) is 10.4. The highest BCUT2D eigenvalue weighted by atomic mass is 35.5. The predicted molar refractivity (Wildman–Crippen MR) is 170 cm³/mol. The van der Waals surface area contributed by atoms with E-state index in [4.69, 9.17) is 27.1 Å². The molecule has 8 rings (SSSR count). The van der Waals surface area contributed by atoms with E-state index in [9.17, 15) is 13.6 Å². The van der Waals surface area contributed by atoms with Crippen molar-refractivity contribution in [1.82, 2.24) is 39.5 Å². The zero-order valence-electron chi connectivity index (χ0n) is 24.9. The Morgan fingerprint density at radius 2 is 2.02 bits per heavy atom. The van der Waals surface area contributed by atoms with E-state index in [1.165, 1.54) is 24.8 Å². The van der Waals surface area contributed by atoms with Crippen LogP contribution in [0.15, 0.2) is 30.9 Å². The fraction of sp³-hybridized carbons (Fsp3) is 0.400. The molecule has 3 aromatic heterocycles. The molecule has 3 aliphatic rings. The maximum absolute atomic E-state index is 16.8. The SMILES string of the molecule is Nc1nc2c(-c3c(Cl)cc4c(N5CCCN(C(=O)n6cncn6)C5)nc(OC[C@@]56CCCN5C[C@H](F)C6)nc4c3F)ccc(F)c2s1. The first-order chi connectivity index (χ1) is 22.7. The number of rotatable bonds is 5. The molecule has 1 amide bonds. The number of nitrogens with zero attached hydrogens (tertiary/aromatic N) is 9. The number of anilines is 2. The number of alkyl halides is 1. The summed E-state index contributed by atoms with van der Waals surface area (Å²) in [6, 6.07) is 3.71. The van der Waals surface area contributed by atoms with Gasteiger partial charge in [-0.1, -0.05) is 22.9 Å². The number of carbonyl (C=O) groups excluding carboxylic acids is 1. The van der Waals surface area contributed by atoms with Crippen LogP contribution in [0.4, 0.5) is 28.9 Å². The lowest BCUT2D eigenvalue weighted by molar-refractivity contribution is 0.107. The summed E-state index contributed by atoms with van der Waals surface area (Å²) >= 11 is 7.74. The molecule has 6 heterocycles. The molecule has 3 aliphatic heterocycles. The summed E-state index contributed by atoms with van der Waals surface area (Å²) in [7, 11) is 0. The van der Waals surface area contributed by atoms with Crippen LogP contribution in [0.3, 0.4) is 0 Å². The van der Waals surface area contributed by atoms with Crippen LogP contribution in [0.2, 0.25) is 5.02 Å². The summed E-state index contributed by atoms with van der Waals surface area (Å²) in [5.41, 5.74) is 5.73. The third-order valence-electron chi connectivity index (χ3n) is 9.24. The lowest BCUT2D eigenvalue weighted by atomic mass is 9.95. The molecule has 0 unspecified atom stereocenters. The second-order valence-electron chi connectivity index (χ2n) is 12.1. The van der Waals surface area contributed by atoms with Crippen LogP contribution < -0.4 is 15.4 Å². The second kappa shape index (κ2) is 11.5. The average Bonchev–Trinajstić information content (AvgIpc) is 3.85. The standard InChI is InChI=1S/C30H28ClF3N10O2S/c31-19-9-18-23(22(34)21(19)17-3-4-20(33)25-24(17)38-27(35)47-25)39-28(46-12-30-5-1-8-43(30)11-16(32)10-30)40-26(18)41-6-2-7-42(15-41)29(45)44-14-36-13-37-44/h3-4,9,13-14,16H,1-2,5-8,10-12,15H2,(H2,35,38)/t16-,30+/m1/s1. The monoisotopic (exact) mass is 684 g/mol. The van der Waals surface area contributed by atoms with Crippen molar-refractivity contribution in [3.63, 3.8) is 0 Å². The first kappa shape index (κ1) is 30.1. The number of hydrogen-bond acceptors (Lipinski definition) is 11. The van der Waals surface area contributed by atoms with Crippen molar-refractivity contribution in [3.05, 3.63) is 47.5 Å². The van der Waals surface area contributed by atoms with Gasteiger partial charge in [-0.25, -0.2) is 27.9 Å². The molecular weight excluding hydrogens is 657 g/mol. The van der Waals surface area contributed by atoms with E-state index in [1.807, 2.05) is 4.90 Å². The van der Waals surface area contributed by atoms with Crippen molar-refractivity contribution >= 4 is 61.0 Å². The first-order valence-electron chi connectivity index (χ1n) is 15.2. The van der Waals surface area contributed by atoms with Gasteiger partial charge in [0.2, 0.25) is 0 Å². The minimum Gasteiger partial charge on any atom is -0.461 e. The topological polar surface area (TPSA) is 131 Å². The van der Waals surface area contributed by atoms with Crippen molar-refractivity contribution in [2.24, 2.45) is 0 Å². The van der Waals surface area contributed by atoms with Gasteiger partial charge in [0, 0.05) is 42.6 Å². The molecule has 12 nitrogen and oxygen atoms in total. The number of fused-ring (bicyclic) bond motifs is 3. The zero-order chi connectivity index (χ0) is 32.4. The molecule has 0 spiro atoms. The summed E-state index contributed by atoms with van der Waals surface area (Å²) in [4.78, 5) is 36.0. The largest absolute Gasteiger partial charge is 0.461 e. The van der Waals surface area contributed by atoms with Crippen molar-refractivity contribution in [3.8, 4) is 17.1 Å². The van der Waals surface area contributed by atoms with Crippen molar-refractivity contribution < 1.29 is 22.7 Å². The fourth-order valence-electron chi connectivity index (χ4n) is 7.13. The molecule has 17 heteroatoms. The zero-order valence-corrected chi connectivity index (χ0v) is 26.4. The number of ether oxygens (including phenoxy) is 1. The number of aromatic nitrogens is 6. The smallest absolute Gasteiger partial charge is 0.347 e. The fourth-order valence-corrected chi connectivity index (χ4v) is 8.19. The molecule has 0 aliphatic carbocycles. The number of hydrogen-bond donors (Lipinski definition) is 1. The minimum absolute atomic E-state index is 0.0247. The van der Waals surface area contributed by atoms with Crippen LogP contribution >= 0.6 is 22.9 Å². The number of nitrogens with two attached hydrogens (primary N) is 1. The molecule has 0 radical (unpaired) electrons. The van der Waals surface area contributed by atoms with Gasteiger partial charge in [-0.2, -0.15) is 19.7 Å². The molecular formula is C30H28ClF3N10O2S. The van der Waals surface area contributed by atoms with Gasteiger partial charge in [0.1, 0.15) is 42.6 Å². The van der Waals surface area contributed by atoms with Gasteiger partial charge in [-0.15, -0.1) is 0 Å². The molecule has 2 N–H and O–H groups in total. The highest BCUT2D eigenvalue weighted by Gasteiger charge is 2.49. The van der Waals surface area contributed by atoms with Crippen molar-refractivity contribution in [2.45, 2.75) is 37.4 Å². The van der Waals surface area contributed by atoms with Gasteiger partial charge in [0.15, 0.2) is 10.9 Å². The third kappa shape index (κ3) is 5.09. The average molecular weight is 685 g/mol. The number of carbonyl (C=O) groups is 1. The summed E-state index contributed by atoms with van der Waals surface area (Å²) in [6.07, 6.45) is 4.26. The van der Waals surface area contributed by atoms with E-state index in [0.29, 0.717) is 43.7 Å². The van der Waals surface area contributed by atoms with Crippen molar-refractivity contribution in [2.75, 3.05) is 50.1 Å². The van der Waals surface area contributed by atoms with E-state index < -0.39 is 23.3 Å². The number of thiazole rings is 1. The quantitative estimate of drug-likeness (QED) is 0.267. The van der Waals surface area contributed by atoms with Crippen LogP contribution in [0.25, 0.3) is 32.2 Å². The lowest BCUT2D eigenvalue weighted by Gasteiger charge is -2.36. The Labute approximate surface area is 274 Å². The van der Waals surface area contributed by atoms with E-state index in [0.717, 1.165) is 35.4 Å². The Morgan fingerprint density at radius 3 is 2.85 bits per heavy atom. The summed E-state index contributed by atoms with van der Waals surface area (Å²) in [5.74, 6) is -1.00. The van der Waals surface area contributed by atoms with Crippen LogP contribution in [-0.2, 0) is 0 Å². The molecule has 3 saturated heterocycles. The number of nitrogen functional groups attached to an aromatic ring is 1. The number of halogens is 4. The molecule has 244 valence electrons. The number of benzene rings is 2. The van der Waals surface area contributed by atoms with Gasteiger partial charge in [0.25, 0.3) is 0 Å². The lowest BCUT2D eigenvalue weighted by Crippen LogP contribution is -2.49. The molecule has 47 heavy (non-hydrogen) atoms. The Morgan fingerprint density at radius 1 is 1.15 bits per heavy atom. The van der Waals surface area contributed by atoms with Gasteiger partial charge < -0.3 is 20.3 Å². The van der Waals surface area contributed by atoms with E-state index in [1.54, 1.807) is 11.0 Å². The van der Waals surface area contributed by atoms with Gasteiger partial charge in [-0.05, 0) is 44.0 Å².